The Balaban J connectivity index is 2.25. The maximum absolute atomic E-state index is 9.88. The van der Waals surface area contributed by atoms with E-state index >= 15 is 0 Å². The van der Waals surface area contributed by atoms with Crippen molar-refractivity contribution in [3.8, 4) is 0 Å². The number of hydrogen-bond donors (Lipinski definition) is 2. The van der Waals surface area contributed by atoms with E-state index in [0.717, 1.165) is 24.6 Å². The van der Waals surface area contributed by atoms with Crippen LogP contribution in [0.3, 0.4) is 0 Å². The van der Waals surface area contributed by atoms with Crippen molar-refractivity contribution in [1.82, 2.24) is 20.2 Å². The van der Waals surface area contributed by atoms with Gasteiger partial charge in [0.1, 0.15) is 5.82 Å². The third-order valence-electron chi connectivity index (χ3n) is 2.88. The third kappa shape index (κ3) is 5.53. The second kappa shape index (κ2) is 8.13. The van der Waals surface area contributed by atoms with Crippen molar-refractivity contribution in [2.45, 2.75) is 33.4 Å². The van der Waals surface area contributed by atoms with Crippen molar-refractivity contribution in [3.63, 3.8) is 0 Å². The van der Waals surface area contributed by atoms with Gasteiger partial charge in [-0.1, -0.05) is 13.8 Å². The number of nitrogens with one attached hydrogen (secondary N) is 1. The summed E-state index contributed by atoms with van der Waals surface area (Å²) >= 11 is 0. The molecule has 1 rings (SSSR count). The SMILES string of the molecule is CCN(CC)CC(O)CNCc1ccnc(C)n1. The molecule has 0 aliphatic heterocycles. The number of aliphatic hydroxyl groups is 1. The van der Waals surface area contributed by atoms with Gasteiger partial charge >= 0.3 is 0 Å². The summed E-state index contributed by atoms with van der Waals surface area (Å²) in [6, 6.07) is 1.89. The van der Waals surface area contributed by atoms with Crippen LogP contribution in [0.5, 0.6) is 0 Å². The molecule has 2 N–H and O–H groups in total. The summed E-state index contributed by atoms with van der Waals surface area (Å²) in [5, 5.41) is 13.1. The van der Waals surface area contributed by atoms with Crippen molar-refractivity contribution in [2.24, 2.45) is 0 Å². The number of aryl methyl sites for hydroxylation is 1. The molecule has 5 heteroatoms. The van der Waals surface area contributed by atoms with Crippen LogP contribution in [-0.2, 0) is 6.54 Å². The molecule has 0 fully saturated rings. The van der Waals surface area contributed by atoms with Gasteiger partial charge in [-0.05, 0) is 26.1 Å². The maximum atomic E-state index is 9.88. The zero-order valence-corrected chi connectivity index (χ0v) is 11.6. The zero-order valence-electron chi connectivity index (χ0n) is 11.6. The van der Waals surface area contributed by atoms with Crippen molar-refractivity contribution in [2.75, 3.05) is 26.2 Å². The second-order valence-corrected chi connectivity index (χ2v) is 4.37. The summed E-state index contributed by atoms with van der Waals surface area (Å²) in [6.45, 7) is 9.98. The topological polar surface area (TPSA) is 61.3 Å². The van der Waals surface area contributed by atoms with E-state index in [-0.39, 0.29) is 6.10 Å². The first-order valence-corrected chi connectivity index (χ1v) is 6.55. The molecule has 1 heterocycles. The average molecular weight is 252 g/mol. The van der Waals surface area contributed by atoms with Gasteiger partial charge in [0.25, 0.3) is 0 Å². The molecular formula is C13H24N4O. The van der Waals surface area contributed by atoms with E-state index < -0.39 is 0 Å². The van der Waals surface area contributed by atoms with Gasteiger partial charge in [0.2, 0.25) is 0 Å². The van der Waals surface area contributed by atoms with Crippen molar-refractivity contribution >= 4 is 0 Å². The van der Waals surface area contributed by atoms with E-state index in [1.165, 1.54) is 0 Å². The molecule has 0 bridgehead atoms. The smallest absolute Gasteiger partial charge is 0.125 e. The van der Waals surface area contributed by atoms with Gasteiger partial charge in [0, 0.05) is 25.8 Å². The molecule has 0 saturated carbocycles. The van der Waals surface area contributed by atoms with Crippen LogP contribution >= 0.6 is 0 Å². The lowest BCUT2D eigenvalue weighted by Crippen LogP contribution is -2.38. The summed E-state index contributed by atoms with van der Waals surface area (Å²) in [7, 11) is 0. The molecule has 0 radical (unpaired) electrons. The van der Waals surface area contributed by atoms with Gasteiger partial charge in [-0.25, -0.2) is 9.97 Å². The second-order valence-electron chi connectivity index (χ2n) is 4.37. The first-order chi connectivity index (χ1) is 8.65. The fourth-order valence-corrected chi connectivity index (χ4v) is 1.81. The van der Waals surface area contributed by atoms with Crippen LogP contribution in [0.25, 0.3) is 0 Å². The summed E-state index contributed by atoms with van der Waals surface area (Å²) in [4.78, 5) is 10.6. The fourth-order valence-electron chi connectivity index (χ4n) is 1.81. The molecule has 18 heavy (non-hydrogen) atoms. The minimum absolute atomic E-state index is 0.340. The van der Waals surface area contributed by atoms with Gasteiger partial charge < -0.3 is 15.3 Å². The lowest BCUT2D eigenvalue weighted by atomic mass is 10.3. The predicted molar refractivity (Wildman–Crippen MR) is 72.3 cm³/mol. The lowest BCUT2D eigenvalue weighted by molar-refractivity contribution is 0.116. The van der Waals surface area contributed by atoms with E-state index in [9.17, 15) is 5.11 Å². The first kappa shape index (κ1) is 15.0. The van der Waals surface area contributed by atoms with E-state index in [2.05, 4.69) is 34.0 Å². The van der Waals surface area contributed by atoms with Crippen LogP contribution < -0.4 is 5.32 Å². The van der Waals surface area contributed by atoms with E-state index in [0.29, 0.717) is 19.6 Å². The number of aliphatic hydroxyl groups excluding tert-OH is 1. The quantitative estimate of drug-likeness (QED) is 0.708. The Labute approximate surface area is 109 Å². The molecule has 5 nitrogen and oxygen atoms in total. The number of rotatable bonds is 8. The Bertz CT molecular complexity index is 342. The van der Waals surface area contributed by atoms with Crippen LogP contribution in [0.1, 0.15) is 25.4 Å². The Morgan fingerprint density at radius 3 is 2.72 bits per heavy atom. The normalized spacial score (nSPS) is 12.9. The Kier molecular flexibility index (Phi) is 6.78. The van der Waals surface area contributed by atoms with E-state index in [4.69, 9.17) is 0 Å². The molecule has 0 aliphatic rings. The lowest BCUT2D eigenvalue weighted by Gasteiger charge is -2.22. The highest BCUT2D eigenvalue weighted by Gasteiger charge is 2.08. The molecule has 1 aromatic heterocycles. The van der Waals surface area contributed by atoms with Gasteiger partial charge in [-0.2, -0.15) is 0 Å². The summed E-state index contributed by atoms with van der Waals surface area (Å²) in [5.41, 5.74) is 0.956. The minimum atomic E-state index is -0.340. The minimum Gasteiger partial charge on any atom is -0.390 e. The van der Waals surface area contributed by atoms with Crippen LogP contribution in [0.2, 0.25) is 0 Å². The maximum Gasteiger partial charge on any atom is 0.125 e. The molecule has 0 aromatic carbocycles. The molecule has 0 spiro atoms. The predicted octanol–water partition coefficient (Wildman–Crippen LogP) is 0.577. The highest BCUT2D eigenvalue weighted by Crippen LogP contribution is 1.95. The number of nitrogens with zero attached hydrogens (tertiary/aromatic N) is 3. The van der Waals surface area contributed by atoms with Gasteiger partial charge in [-0.3, -0.25) is 0 Å². The number of hydrogen-bond acceptors (Lipinski definition) is 5. The summed E-state index contributed by atoms with van der Waals surface area (Å²) in [5.74, 6) is 0.776. The number of likely N-dealkylation sites (N-methyl/N-ethyl adjacent to an activating group) is 1. The Morgan fingerprint density at radius 1 is 1.39 bits per heavy atom. The fraction of sp³-hybridized carbons (Fsp3) is 0.692. The molecule has 0 amide bonds. The Morgan fingerprint density at radius 2 is 2.11 bits per heavy atom. The Hall–Kier alpha value is -1.04. The standard InChI is InChI=1S/C13H24N4O/c1-4-17(5-2)10-13(18)9-14-8-12-6-7-15-11(3)16-12/h6-7,13-14,18H,4-5,8-10H2,1-3H3. The van der Waals surface area contributed by atoms with Gasteiger partial charge in [0.15, 0.2) is 0 Å². The first-order valence-electron chi connectivity index (χ1n) is 6.55. The molecule has 1 atom stereocenters. The van der Waals surface area contributed by atoms with Crippen LogP contribution in [0, 0.1) is 6.92 Å². The van der Waals surface area contributed by atoms with Crippen LogP contribution in [-0.4, -0.2) is 52.3 Å². The van der Waals surface area contributed by atoms with Crippen LogP contribution in [0.15, 0.2) is 12.3 Å². The van der Waals surface area contributed by atoms with Gasteiger partial charge in [0.05, 0.1) is 11.8 Å². The average Bonchev–Trinajstić information content (AvgIpc) is 2.36. The highest BCUT2D eigenvalue weighted by atomic mass is 16.3. The van der Waals surface area contributed by atoms with Crippen molar-refractivity contribution < 1.29 is 5.11 Å². The van der Waals surface area contributed by atoms with Gasteiger partial charge in [-0.15, -0.1) is 0 Å². The molecule has 102 valence electrons. The third-order valence-corrected chi connectivity index (χ3v) is 2.88. The molecule has 0 aliphatic carbocycles. The van der Waals surface area contributed by atoms with Crippen molar-refractivity contribution in [3.05, 3.63) is 23.8 Å². The molecule has 0 saturated heterocycles. The van der Waals surface area contributed by atoms with E-state index in [1.54, 1.807) is 6.20 Å². The summed E-state index contributed by atoms with van der Waals surface area (Å²) in [6.07, 6.45) is 1.42. The summed E-state index contributed by atoms with van der Waals surface area (Å²) < 4.78 is 0. The zero-order chi connectivity index (χ0) is 13.4. The molecular weight excluding hydrogens is 228 g/mol. The monoisotopic (exact) mass is 252 g/mol. The van der Waals surface area contributed by atoms with Crippen molar-refractivity contribution in [1.29, 1.82) is 0 Å². The van der Waals surface area contributed by atoms with E-state index in [1.807, 2.05) is 13.0 Å². The highest BCUT2D eigenvalue weighted by molar-refractivity contribution is 5.00. The number of aromatic nitrogens is 2. The largest absolute Gasteiger partial charge is 0.390 e. The van der Waals surface area contributed by atoms with Crippen LogP contribution in [0.4, 0.5) is 0 Å². The molecule has 1 aromatic rings. The molecule has 1 unspecified atom stereocenters.